The first kappa shape index (κ1) is 11.3. The molecule has 2 aromatic heterocycles. The van der Waals surface area contributed by atoms with E-state index in [0.29, 0.717) is 5.56 Å². The summed E-state index contributed by atoms with van der Waals surface area (Å²) in [7, 11) is 1.88. The van der Waals surface area contributed by atoms with Gasteiger partial charge in [0.15, 0.2) is 11.6 Å². The van der Waals surface area contributed by atoms with Gasteiger partial charge < -0.3 is 0 Å². The Kier molecular flexibility index (Phi) is 2.45. The third-order valence-corrected chi connectivity index (χ3v) is 4.15. The Morgan fingerprint density at radius 3 is 2.61 bits per heavy atom. The molecule has 0 aliphatic heterocycles. The van der Waals surface area contributed by atoms with Gasteiger partial charge >= 0.3 is 0 Å². The quantitative estimate of drug-likeness (QED) is 0.652. The Bertz CT molecular complexity index is 708. The van der Waals surface area contributed by atoms with Gasteiger partial charge in [0.1, 0.15) is 4.83 Å². The van der Waals surface area contributed by atoms with Crippen LogP contribution in [0.1, 0.15) is 5.69 Å². The lowest BCUT2D eigenvalue weighted by atomic mass is 10.1. The van der Waals surface area contributed by atoms with Crippen LogP contribution in [0.3, 0.4) is 0 Å². The SMILES string of the molecule is Cc1nn(C)c2sc(-c3ccc(F)c(F)c3)cc12. The molecule has 0 atom stereocenters. The van der Waals surface area contributed by atoms with Crippen LogP contribution in [0, 0.1) is 18.6 Å². The van der Waals surface area contributed by atoms with Crippen molar-refractivity contribution in [1.29, 1.82) is 0 Å². The summed E-state index contributed by atoms with van der Waals surface area (Å²) in [5, 5.41) is 5.37. The molecule has 18 heavy (non-hydrogen) atoms. The van der Waals surface area contributed by atoms with Crippen molar-refractivity contribution in [2.75, 3.05) is 0 Å². The van der Waals surface area contributed by atoms with Gasteiger partial charge in [0.05, 0.1) is 5.69 Å². The van der Waals surface area contributed by atoms with Gasteiger partial charge in [0, 0.05) is 17.3 Å². The summed E-state index contributed by atoms with van der Waals surface area (Å²) in [6, 6.07) is 5.93. The minimum Gasteiger partial charge on any atom is -0.258 e. The van der Waals surface area contributed by atoms with Crippen molar-refractivity contribution in [3.05, 3.63) is 41.6 Å². The molecule has 0 aliphatic rings. The average molecular weight is 264 g/mol. The van der Waals surface area contributed by atoms with Crippen LogP contribution in [0.15, 0.2) is 24.3 Å². The van der Waals surface area contributed by atoms with Crippen LogP contribution < -0.4 is 0 Å². The van der Waals surface area contributed by atoms with Gasteiger partial charge in [-0.3, -0.25) is 4.68 Å². The Labute approximate surface area is 106 Å². The summed E-state index contributed by atoms with van der Waals surface area (Å²) >= 11 is 1.52. The Morgan fingerprint density at radius 1 is 1.17 bits per heavy atom. The van der Waals surface area contributed by atoms with E-state index in [1.165, 1.54) is 17.4 Å². The molecule has 0 aliphatic carbocycles. The number of rotatable bonds is 1. The molecule has 0 bridgehead atoms. The van der Waals surface area contributed by atoms with Crippen molar-refractivity contribution in [3.8, 4) is 10.4 Å². The highest BCUT2D eigenvalue weighted by Crippen LogP contribution is 2.35. The van der Waals surface area contributed by atoms with Gasteiger partial charge in [-0.25, -0.2) is 8.78 Å². The lowest BCUT2D eigenvalue weighted by molar-refractivity contribution is 0.509. The highest BCUT2D eigenvalue weighted by molar-refractivity contribution is 7.21. The molecule has 0 saturated carbocycles. The number of aryl methyl sites for hydroxylation is 2. The topological polar surface area (TPSA) is 17.8 Å². The molecule has 92 valence electrons. The molecule has 0 radical (unpaired) electrons. The zero-order chi connectivity index (χ0) is 12.9. The molecule has 0 spiro atoms. The zero-order valence-corrected chi connectivity index (χ0v) is 10.7. The van der Waals surface area contributed by atoms with E-state index in [1.54, 1.807) is 10.7 Å². The van der Waals surface area contributed by atoms with Crippen LogP contribution >= 0.6 is 11.3 Å². The van der Waals surface area contributed by atoms with Crippen molar-refractivity contribution in [3.63, 3.8) is 0 Å². The molecular weight excluding hydrogens is 254 g/mol. The third kappa shape index (κ3) is 1.62. The van der Waals surface area contributed by atoms with Gasteiger partial charge in [0.2, 0.25) is 0 Å². The molecule has 2 nitrogen and oxygen atoms in total. The van der Waals surface area contributed by atoms with Crippen molar-refractivity contribution in [2.45, 2.75) is 6.92 Å². The van der Waals surface area contributed by atoms with Crippen LogP contribution in [0.4, 0.5) is 8.78 Å². The summed E-state index contributed by atoms with van der Waals surface area (Å²) < 4.78 is 27.9. The second kappa shape index (κ2) is 3.88. The van der Waals surface area contributed by atoms with Crippen LogP contribution in [0.5, 0.6) is 0 Å². The Hall–Kier alpha value is -1.75. The fourth-order valence-corrected chi connectivity index (χ4v) is 3.12. The highest BCUT2D eigenvalue weighted by atomic mass is 32.1. The fraction of sp³-hybridized carbons (Fsp3) is 0.154. The maximum absolute atomic E-state index is 13.2. The summed E-state index contributed by atoms with van der Waals surface area (Å²) in [6.45, 7) is 1.93. The number of aromatic nitrogens is 2. The fourth-order valence-electron chi connectivity index (χ4n) is 2.00. The van der Waals surface area contributed by atoms with Crippen molar-refractivity contribution in [2.24, 2.45) is 7.05 Å². The molecular formula is C13H10F2N2S. The molecule has 0 fully saturated rings. The summed E-state index contributed by atoms with van der Waals surface area (Å²) in [5.74, 6) is -1.64. The summed E-state index contributed by atoms with van der Waals surface area (Å²) in [4.78, 5) is 1.95. The molecule has 2 heterocycles. The standard InChI is InChI=1S/C13H10F2N2S/c1-7-9-6-12(18-13(9)17(2)16-7)8-3-4-10(14)11(15)5-8/h3-6H,1-2H3. The molecule has 0 amide bonds. The Morgan fingerprint density at radius 2 is 1.94 bits per heavy atom. The van der Waals surface area contributed by atoms with Gasteiger partial charge in [0.25, 0.3) is 0 Å². The van der Waals surface area contributed by atoms with E-state index < -0.39 is 11.6 Å². The molecule has 0 saturated heterocycles. The predicted octanol–water partition coefficient (Wildman–Crippen LogP) is 3.89. The van der Waals surface area contributed by atoms with Crippen LogP contribution in [-0.2, 0) is 7.05 Å². The number of hydrogen-bond acceptors (Lipinski definition) is 2. The second-order valence-electron chi connectivity index (χ2n) is 4.17. The van der Waals surface area contributed by atoms with E-state index in [2.05, 4.69) is 5.10 Å². The summed E-state index contributed by atoms with van der Waals surface area (Å²) in [5.41, 5.74) is 1.63. The second-order valence-corrected chi connectivity index (χ2v) is 5.20. The largest absolute Gasteiger partial charge is 0.258 e. The minimum absolute atomic E-state index is 0.689. The lowest BCUT2D eigenvalue weighted by Crippen LogP contribution is -1.88. The molecule has 0 N–H and O–H groups in total. The minimum atomic E-state index is -0.822. The van der Waals surface area contributed by atoms with Crippen LogP contribution in [-0.4, -0.2) is 9.78 Å². The van der Waals surface area contributed by atoms with Crippen LogP contribution in [0.2, 0.25) is 0 Å². The molecule has 5 heteroatoms. The number of thiophene rings is 1. The predicted molar refractivity (Wildman–Crippen MR) is 68.7 cm³/mol. The average Bonchev–Trinajstić information content (AvgIpc) is 2.86. The van der Waals surface area contributed by atoms with Gasteiger partial charge in [-0.1, -0.05) is 6.07 Å². The third-order valence-electron chi connectivity index (χ3n) is 2.90. The van der Waals surface area contributed by atoms with Crippen LogP contribution in [0.25, 0.3) is 20.7 Å². The smallest absolute Gasteiger partial charge is 0.159 e. The lowest BCUT2D eigenvalue weighted by Gasteiger charge is -1.98. The van der Waals surface area contributed by atoms with E-state index in [4.69, 9.17) is 0 Å². The van der Waals surface area contributed by atoms with E-state index in [9.17, 15) is 8.78 Å². The number of nitrogens with zero attached hydrogens (tertiary/aromatic N) is 2. The van der Waals surface area contributed by atoms with Gasteiger partial charge in [-0.2, -0.15) is 5.10 Å². The molecule has 1 aromatic carbocycles. The molecule has 0 unspecified atom stereocenters. The van der Waals surface area contributed by atoms with E-state index in [-0.39, 0.29) is 0 Å². The first-order valence-corrected chi connectivity index (χ1v) is 6.26. The Balaban J connectivity index is 2.19. The molecule has 3 rings (SSSR count). The first-order chi connectivity index (χ1) is 8.56. The van der Waals surface area contributed by atoms with Crippen molar-refractivity contribution >= 4 is 21.6 Å². The van der Waals surface area contributed by atoms with Gasteiger partial charge in [-0.05, 0) is 30.7 Å². The normalized spacial score (nSPS) is 11.3. The monoisotopic (exact) mass is 264 g/mol. The van der Waals surface area contributed by atoms with Crippen molar-refractivity contribution in [1.82, 2.24) is 9.78 Å². The molecule has 3 aromatic rings. The maximum atomic E-state index is 13.2. The van der Waals surface area contributed by atoms with Gasteiger partial charge in [-0.15, -0.1) is 11.3 Å². The number of hydrogen-bond donors (Lipinski definition) is 0. The van der Waals surface area contributed by atoms with E-state index in [0.717, 1.165) is 26.9 Å². The maximum Gasteiger partial charge on any atom is 0.159 e. The van der Waals surface area contributed by atoms with E-state index in [1.807, 2.05) is 20.0 Å². The van der Waals surface area contributed by atoms with Crippen molar-refractivity contribution < 1.29 is 8.78 Å². The zero-order valence-electron chi connectivity index (χ0n) is 9.87. The number of halogens is 2. The highest BCUT2D eigenvalue weighted by Gasteiger charge is 2.12. The number of fused-ring (bicyclic) bond motifs is 1. The number of benzene rings is 1. The van der Waals surface area contributed by atoms with E-state index >= 15 is 0 Å². The summed E-state index contributed by atoms with van der Waals surface area (Å²) in [6.07, 6.45) is 0. The first-order valence-electron chi connectivity index (χ1n) is 5.45.